The number of carbonyl (C=O) groups is 2. The van der Waals surface area contributed by atoms with Gasteiger partial charge in [0.1, 0.15) is 4.88 Å². The molecule has 0 aromatic carbocycles. The number of amides is 1. The van der Waals surface area contributed by atoms with Crippen LogP contribution in [0.25, 0.3) is 0 Å². The van der Waals surface area contributed by atoms with E-state index in [2.05, 4.69) is 10.3 Å². The van der Waals surface area contributed by atoms with Crippen LogP contribution in [-0.2, 0) is 6.42 Å². The van der Waals surface area contributed by atoms with Crippen LogP contribution < -0.4 is 5.32 Å². The minimum absolute atomic E-state index is 0.166. The Kier molecular flexibility index (Phi) is 4.06. The quantitative estimate of drug-likeness (QED) is 0.877. The summed E-state index contributed by atoms with van der Waals surface area (Å²) in [5.74, 6) is -1.26. The third-order valence-electron chi connectivity index (χ3n) is 2.19. The number of thiophene rings is 1. The van der Waals surface area contributed by atoms with E-state index in [0.717, 1.165) is 17.0 Å². The lowest BCUT2D eigenvalue weighted by molar-refractivity contribution is 0.0702. The molecule has 0 aliphatic heterocycles. The van der Waals surface area contributed by atoms with Gasteiger partial charge in [-0.05, 0) is 12.1 Å². The molecule has 0 aliphatic carbocycles. The second-order valence-electron chi connectivity index (χ2n) is 3.45. The Labute approximate surface area is 111 Å². The number of carbonyl (C=O) groups excluding carboxylic acids is 1. The van der Waals surface area contributed by atoms with E-state index in [4.69, 9.17) is 5.11 Å². The van der Waals surface area contributed by atoms with Gasteiger partial charge >= 0.3 is 5.97 Å². The third kappa shape index (κ3) is 3.14. The summed E-state index contributed by atoms with van der Waals surface area (Å²) in [5, 5.41) is 13.4. The average molecular weight is 282 g/mol. The Hall–Kier alpha value is -1.73. The second-order valence-corrected chi connectivity index (χ2v) is 5.26. The van der Waals surface area contributed by atoms with Gasteiger partial charge in [0.2, 0.25) is 0 Å². The molecule has 2 rings (SSSR count). The van der Waals surface area contributed by atoms with Gasteiger partial charge in [-0.3, -0.25) is 4.79 Å². The van der Waals surface area contributed by atoms with E-state index in [-0.39, 0.29) is 10.8 Å². The first-order valence-corrected chi connectivity index (χ1v) is 6.91. The first-order valence-electron chi connectivity index (χ1n) is 5.15. The van der Waals surface area contributed by atoms with Crippen LogP contribution in [0.5, 0.6) is 0 Å². The van der Waals surface area contributed by atoms with Crippen molar-refractivity contribution in [3.05, 3.63) is 38.5 Å². The first kappa shape index (κ1) is 12.7. The lowest BCUT2D eigenvalue weighted by Gasteiger charge is -2.01. The summed E-state index contributed by atoms with van der Waals surface area (Å²) in [6.07, 6.45) is 0.673. The van der Waals surface area contributed by atoms with Crippen LogP contribution >= 0.6 is 22.7 Å². The van der Waals surface area contributed by atoms with Gasteiger partial charge in [0, 0.05) is 18.3 Å². The van der Waals surface area contributed by atoms with Crippen molar-refractivity contribution in [2.45, 2.75) is 6.42 Å². The molecular weight excluding hydrogens is 272 g/mol. The summed E-state index contributed by atoms with van der Waals surface area (Å²) in [7, 11) is 0. The summed E-state index contributed by atoms with van der Waals surface area (Å²) in [4.78, 5) is 27.1. The van der Waals surface area contributed by atoms with Crippen LogP contribution in [0.15, 0.2) is 23.0 Å². The smallest absolute Gasteiger partial charge is 0.345 e. The normalized spacial score (nSPS) is 10.2. The van der Waals surface area contributed by atoms with Crippen molar-refractivity contribution >= 4 is 34.6 Å². The van der Waals surface area contributed by atoms with Crippen LogP contribution in [-0.4, -0.2) is 28.5 Å². The first-order chi connectivity index (χ1) is 8.66. The second kappa shape index (κ2) is 5.74. The zero-order valence-electron chi connectivity index (χ0n) is 9.25. The van der Waals surface area contributed by atoms with E-state index < -0.39 is 5.97 Å². The fraction of sp³-hybridized carbons (Fsp3) is 0.182. The van der Waals surface area contributed by atoms with Gasteiger partial charge in [0.05, 0.1) is 16.1 Å². The SMILES string of the molecule is O=C(O)c1ccc(C(=O)NCCc2cscn2)s1. The predicted molar refractivity (Wildman–Crippen MR) is 69.4 cm³/mol. The summed E-state index contributed by atoms with van der Waals surface area (Å²) >= 11 is 2.49. The number of aromatic nitrogens is 1. The summed E-state index contributed by atoms with van der Waals surface area (Å²) in [5.41, 5.74) is 2.69. The van der Waals surface area contributed by atoms with E-state index in [1.54, 1.807) is 5.51 Å². The molecule has 94 valence electrons. The molecule has 0 unspecified atom stereocenters. The summed E-state index contributed by atoms with van der Waals surface area (Å²) < 4.78 is 0. The minimum atomic E-state index is -1.01. The number of hydrogen-bond acceptors (Lipinski definition) is 5. The summed E-state index contributed by atoms with van der Waals surface area (Å²) in [6.45, 7) is 0.489. The monoisotopic (exact) mass is 282 g/mol. The van der Waals surface area contributed by atoms with E-state index in [1.807, 2.05) is 5.38 Å². The number of thiazole rings is 1. The fourth-order valence-electron chi connectivity index (χ4n) is 1.33. The molecule has 2 heterocycles. The highest BCUT2D eigenvalue weighted by Gasteiger charge is 2.12. The van der Waals surface area contributed by atoms with E-state index in [9.17, 15) is 9.59 Å². The minimum Gasteiger partial charge on any atom is -0.477 e. The van der Waals surface area contributed by atoms with Gasteiger partial charge in [0.25, 0.3) is 5.91 Å². The van der Waals surface area contributed by atoms with E-state index >= 15 is 0 Å². The Balaban J connectivity index is 1.85. The van der Waals surface area contributed by atoms with Gasteiger partial charge in [-0.15, -0.1) is 22.7 Å². The largest absolute Gasteiger partial charge is 0.477 e. The Morgan fingerprint density at radius 1 is 1.33 bits per heavy atom. The average Bonchev–Trinajstić information content (AvgIpc) is 2.99. The van der Waals surface area contributed by atoms with Crippen molar-refractivity contribution in [3.8, 4) is 0 Å². The van der Waals surface area contributed by atoms with Crippen LogP contribution in [0.4, 0.5) is 0 Å². The molecule has 0 radical (unpaired) electrons. The third-order valence-corrected chi connectivity index (χ3v) is 3.90. The number of hydrogen-bond donors (Lipinski definition) is 2. The molecule has 0 saturated carbocycles. The van der Waals surface area contributed by atoms with Gasteiger partial charge in [-0.1, -0.05) is 0 Å². The van der Waals surface area contributed by atoms with Crippen molar-refractivity contribution in [3.63, 3.8) is 0 Å². The number of carboxylic acids is 1. The van der Waals surface area contributed by atoms with E-state index in [1.165, 1.54) is 23.5 Å². The molecule has 18 heavy (non-hydrogen) atoms. The highest BCUT2D eigenvalue weighted by molar-refractivity contribution is 7.15. The molecule has 0 saturated heterocycles. The predicted octanol–water partition coefficient (Wildman–Crippen LogP) is 1.88. The number of nitrogens with zero attached hydrogens (tertiary/aromatic N) is 1. The number of carboxylic acid groups (broad SMARTS) is 1. The Morgan fingerprint density at radius 3 is 2.72 bits per heavy atom. The van der Waals surface area contributed by atoms with Gasteiger partial charge < -0.3 is 10.4 Å². The summed E-state index contributed by atoms with van der Waals surface area (Å²) in [6, 6.07) is 2.95. The zero-order chi connectivity index (χ0) is 13.0. The molecule has 2 aromatic rings. The van der Waals surface area contributed by atoms with Crippen LogP contribution in [0.1, 0.15) is 25.0 Å². The highest BCUT2D eigenvalue weighted by atomic mass is 32.1. The standard InChI is InChI=1S/C11H10N2O3S2/c14-10(8-1-2-9(18-8)11(15)16)12-4-3-7-5-17-6-13-7/h1-2,5-6H,3-4H2,(H,12,14)(H,15,16). The molecule has 0 aliphatic rings. The van der Waals surface area contributed by atoms with Crippen LogP contribution in [0.3, 0.4) is 0 Å². The molecule has 2 aromatic heterocycles. The number of nitrogens with one attached hydrogen (secondary N) is 1. The molecule has 0 spiro atoms. The maximum atomic E-state index is 11.7. The lowest BCUT2D eigenvalue weighted by Crippen LogP contribution is -2.24. The molecule has 1 amide bonds. The van der Waals surface area contributed by atoms with Crippen molar-refractivity contribution < 1.29 is 14.7 Å². The number of rotatable bonds is 5. The Bertz CT molecular complexity index is 548. The highest BCUT2D eigenvalue weighted by Crippen LogP contribution is 2.16. The maximum Gasteiger partial charge on any atom is 0.345 e. The van der Waals surface area contributed by atoms with Crippen molar-refractivity contribution in [2.75, 3.05) is 6.54 Å². The van der Waals surface area contributed by atoms with Crippen LogP contribution in [0, 0.1) is 0 Å². The fourth-order valence-corrected chi connectivity index (χ4v) is 2.68. The van der Waals surface area contributed by atoms with Crippen molar-refractivity contribution in [1.82, 2.24) is 10.3 Å². The molecule has 7 heteroatoms. The lowest BCUT2D eigenvalue weighted by atomic mass is 10.3. The zero-order valence-corrected chi connectivity index (χ0v) is 10.9. The van der Waals surface area contributed by atoms with Crippen molar-refractivity contribution in [2.24, 2.45) is 0 Å². The van der Waals surface area contributed by atoms with Crippen LogP contribution in [0.2, 0.25) is 0 Å². The molecular formula is C11H10N2O3S2. The van der Waals surface area contributed by atoms with Gasteiger partial charge in [-0.25, -0.2) is 9.78 Å². The molecule has 0 bridgehead atoms. The van der Waals surface area contributed by atoms with E-state index in [0.29, 0.717) is 17.8 Å². The maximum absolute atomic E-state index is 11.7. The molecule has 0 atom stereocenters. The molecule has 5 nitrogen and oxygen atoms in total. The topological polar surface area (TPSA) is 79.3 Å². The van der Waals surface area contributed by atoms with Gasteiger partial charge in [-0.2, -0.15) is 0 Å². The molecule has 2 N–H and O–H groups in total. The number of aromatic carboxylic acids is 1. The van der Waals surface area contributed by atoms with Gasteiger partial charge in [0.15, 0.2) is 0 Å². The Morgan fingerprint density at radius 2 is 2.11 bits per heavy atom. The van der Waals surface area contributed by atoms with Crippen molar-refractivity contribution in [1.29, 1.82) is 0 Å². The molecule has 0 fully saturated rings.